The standard InChI is InChI=1S/C18H21F2N5OS2/c1-11(27-16-23-15(24-28-16)17(2,3)4)18(26,8-25-10-21-9-22-25)13-6-5-12(19)7-14(13)20/h5-7,9-11,26H,8H2,1-4H3/t11-,18?/m1/s1. The molecule has 0 radical (unpaired) electrons. The minimum atomic E-state index is -1.68. The molecule has 2 aromatic heterocycles. The van der Waals surface area contributed by atoms with Gasteiger partial charge in [0.25, 0.3) is 0 Å². The van der Waals surface area contributed by atoms with Crippen molar-refractivity contribution in [2.45, 2.75) is 54.8 Å². The van der Waals surface area contributed by atoms with Crippen LogP contribution in [-0.4, -0.2) is 34.5 Å². The van der Waals surface area contributed by atoms with Crippen molar-refractivity contribution in [2.24, 2.45) is 0 Å². The van der Waals surface area contributed by atoms with Gasteiger partial charge in [-0.1, -0.05) is 38.6 Å². The molecule has 0 saturated carbocycles. The third kappa shape index (κ3) is 4.39. The van der Waals surface area contributed by atoms with Gasteiger partial charge in [0.1, 0.15) is 35.7 Å². The number of aliphatic hydroxyl groups is 1. The van der Waals surface area contributed by atoms with E-state index in [0.717, 1.165) is 12.1 Å². The molecule has 0 spiro atoms. The molecule has 150 valence electrons. The number of rotatable bonds is 6. The zero-order valence-corrected chi connectivity index (χ0v) is 17.6. The minimum Gasteiger partial charge on any atom is -0.382 e. The molecule has 0 aliphatic rings. The van der Waals surface area contributed by atoms with Crippen LogP contribution in [0.2, 0.25) is 0 Å². The summed E-state index contributed by atoms with van der Waals surface area (Å²) in [7, 11) is 0. The van der Waals surface area contributed by atoms with Crippen LogP contribution in [0.25, 0.3) is 0 Å². The van der Waals surface area contributed by atoms with E-state index < -0.39 is 22.5 Å². The van der Waals surface area contributed by atoms with E-state index >= 15 is 0 Å². The molecule has 1 aromatic carbocycles. The third-order valence-electron chi connectivity index (χ3n) is 4.30. The number of hydrogen-bond donors (Lipinski definition) is 1. The second kappa shape index (κ2) is 7.84. The van der Waals surface area contributed by atoms with E-state index in [0.29, 0.717) is 10.2 Å². The molecule has 10 heteroatoms. The maximum atomic E-state index is 14.6. The summed E-state index contributed by atoms with van der Waals surface area (Å²) in [5, 5.41) is 15.0. The highest BCUT2D eigenvalue weighted by Gasteiger charge is 2.40. The molecule has 28 heavy (non-hydrogen) atoms. The van der Waals surface area contributed by atoms with Gasteiger partial charge in [-0.3, -0.25) is 0 Å². The fourth-order valence-corrected chi connectivity index (χ4v) is 4.81. The van der Waals surface area contributed by atoms with Crippen LogP contribution in [-0.2, 0) is 17.6 Å². The van der Waals surface area contributed by atoms with E-state index in [4.69, 9.17) is 0 Å². The van der Waals surface area contributed by atoms with Gasteiger partial charge in [0.15, 0.2) is 4.34 Å². The monoisotopic (exact) mass is 425 g/mol. The van der Waals surface area contributed by atoms with Gasteiger partial charge in [-0.2, -0.15) is 9.47 Å². The van der Waals surface area contributed by atoms with E-state index in [1.165, 1.54) is 46.7 Å². The Kier molecular flexibility index (Phi) is 5.83. The molecule has 3 aromatic rings. The number of nitrogens with zero attached hydrogens (tertiary/aromatic N) is 5. The van der Waals surface area contributed by atoms with E-state index in [9.17, 15) is 13.9 Å². The van der Waals surface area contributed by atoms with Crippen LogP contribution in [0.5, 0.6) is 0 Å². The van der Waals surface area contributed by atoms with Crippen LogP contribution in [0.4, 0.5) is 8.78 Å². The van der Waals surface area contributed by atoms with Gasteiger partial charge in [-0.05, 0) is 24.5 Å². The Morgan fingerprint density at radius 2 is 2.04 bits per heavy atom. The van der Waals surface area contributed by atoms with Gasteiger partial charge in [-0.25, -0.2) is 23.4 Å². The Balaban J connectivity index is 1.95. The lowest BCUT2D eigenvalue weighted by Crippen LogP contribution is -2.41. The highest BCUT2D eigenvalue weighted by atomic mass is 32.2. The van der Waals surface area contributed by atoms with Crippen molar-refractivity contribution in [3.63, 3.8) is 0 Å². The van der Waals surface area contributed by atoms with Crippen LogP contribution in [0.1, 0.15) is 39.1 Å². The van der Waals surface area contributed by atoms with Gasteiger partial charge in [0, 0.05) is 22.3 Å². The van der Waals surface area contributed by atoms with Crippen molar-refractivity contribution in [3.05, 3.63) is 53.9 Å². The lowest BCUT2D eigenvalue weighted by molar-refractivity contribution is 0.0133. The van der Waals surface area contributed by atoms with Crippen molar-refractivity contribution < 1.29 is 13.9 Å². The summed E-state index contributed by atoms with van der Waals surface area (Å²) in [6, 6.07) is 3.16. The second-order valence-corrected chi connectivity index (χ2v) is 9.88. The van der Waals surface area contributed by atoms with Crippen molar-refractivity contribution in [1.82, 2.24) is 24.1 Å². The SMILES string of the molecule is C[C@@H](Sc1nc(C(C)(C)C)ns1)C(O)(Cn1cncn1)c1ccc(F)cc1F. The molecule has 1 unspecified atom stereocenters. The Morgan fingerprint density at radius 1 is 1.29 bits per heavy atom. The Hall–Kier alpha value is -1.91. The lowest BCUT2D eigenvalue weighted by Gasteiger charge is -2.33. The molecule has 2 atom stereocenters. The summed E-state index contributed by atoms with van der Waals surface area (Å²) < 4.78 is 34.4. The first-order valence-electron chi connectivity index (χ1n) is 8.61. The maximum absolute atomic E-state index is 14.6. The summed E-state index contributed by atoms with van der Waals surface area (Å²) in [5.41, 5.74) is -1.88. The molecule has 3 rings (SSSR count). The molecule has 0 bridgehead atoms. The number of aromatic nitrogens is 5. The summed E-state index contributed by atoms with van der Waals surface area (Å²) >= 11 is 2.52. The van der Waals surface area contributed by atoms with Crippen molar-refractivity contribution >= 4 is 23.3 Å². The zero-order chi connectivity index (χ0) is 20.5. The average Bonchev–Trinajstić information content (AvgIpc) is 3.25. The summed E-state index contributed by atoms with van der Waals surface area (Å²) in [6.45, 7) is 7.77. The van der Waals surface area contributed by atoms with Gasteiger partial charge in [0.05, 0.1) is 6.54 Å². The molecular formula is C18H21F2N5OS2. The molecule has 0 aliphatic heterocycles. The van der Waals surface area contributed by atoms with E-state index in [-0.39, 0.29) is 17.5 Å². The van der Waals surface area contributed by atoms with Crippen molar-refractivity contribution in [1.29, 1.82) is 0 Å². The summed E-state index contributed by atoms with van der Waals surface area (Å²) in [5.74, 6) is -0.814. The van der Waals surface area contributed by atoms with Gasteiger partial charge >= 0.3 is 0 Å². The third-order valence-corrected chi connectivity index (χ3v) is 6.36. The average molecular weight is 426 g/mol. The fourth-order valence-electron chi connectivity index (χ4n) is 2.65. The van der Waals surface area contributed by atoms with E-state index in [2.05, 4.69) is 19.4 Å². The zero-order valence-electron chi connectivity index (χ0n) is 15.9. The smallest absolute Gasteiger partial charge is 0.170 e. The number of hydrogen-bond acceptors (Lipinski definition) is 7. The van der Waals surface area contributed by atoms with E-state index in [1.54, 1.807) is 6.92 Å². The Morgan fingerprint density at radius 3 is 2.61 bits per heavy atom. The fraction of sp³-hybridized carbons (Fsp3) is 0.444. The van der Waals surface area contributed by atoms with Gasteiger partial charge in [0.2, 0.25) is 0 Å². The van der Waals surface area contributed by atoms with Crippen LogP contribution in [0.3, 0.4) is 0 Å². The minimum absolute atomic E-state index is 0.00930. The lowest BCUT2D eigenvalue weighted by atomic mass is 9.90. The normalized spacial score (nSPS) is 15.4. The van der Waals surface area contributed by atoms with Gasteiger partial charge < -0.3 is 5.11 Å². The number of thioether (sulfide) groups is 1. The molecule has 0 saturated heterocycles. The van der Waals surface area contributed by atoms with Gasteiger partial charge in [-0.15, -0.1) is 0 Å². The summed E-state index contributed by atoms with van der Waals surface area (Å²) in [4.78, 5) is 8.40. The predicted octanol–water partition coefficient (Wildman–Crippen LogP) is 3.77. The predicted molar refractivity (Wildman–Crippen MR) is 104 cm³/mol. The highest BCUT2D eigenvalue weighted by molar-refractivity contribution is 8.01. The largest absolute Gasteiger partial charge is 0.382 e. The summed E-state index contributed by atoms with van der Waals surface area (Å²) in [6.07, 6.45) is 2.77. The first-order valence-corrected chi connectivity index (χ1v) is 10.3. The maximum Gasteiger partial charge on any atom is 0.170 e. The topological polar surface area (TPSA) is 76.7 Å². The van der Waals surface area contributed by atoms with Crippen molar-refractivity contribution in [2.75, 3.05) is 0 Å². The first kappa shape index (κ1) is 20.8. The molecule has 0 amide bonds. The second-order valence-electron chi connectivity index (χ2n) is 7.54. The van der Waals surface area contributed by atoms with E-state index in [1.807, 2.05) is 20.8 Å². The Labute approximate surface area is 170 Å². The van der Waals surface area contributed by atoms with Crippen LogP contribution < -0.4 is 0 Å². The van der Waals surface area contributed by atoms with Crippen LogP contribution in [0.15, 0.2) is 35.2 Å². The quantitative estimate of drug-likeness (QED) is 0.606. The molecule has 2 heterocycles. The van der Waals surface area contributed by atoms with Crippen molar-refractivity contribution in [3.8, 4) is 0 Å². The Bertz CT molecular complexity index is 942. The molecule has 1 N–H and O–H groups in total. The number of halogens is 2. The highest BCUT2D eigenvalue weighted by Crippen LogP contribution is 2.40. The number of benzene rings is 1. The van der Waals surface area contributed by atoms with Crippen LogP contribution in [0, 0.1) is 11.6 Å². The molecule has 0 fully saturated rings. The van der Waals surface area contributed by atoms with Crippen LogP contribution >= 0.6 is 23.3 Å². The molecular weight excluding hydrogens is 404 g/mol. The first-order chi connectivity index (χ1) is 13.1. The molecule has 6 nitrogen and oxygen atoms in total. The molecule has 0 aliphatic carbocycles.